The number of carboxylic acids is 1. The molecule has 0 saturated carbocycles. The lowest BCUT2D eigenvalue weighted by Crippen LogP contribution is -2.21. The fourth-order valence-corrected chi connectivity index (χ4v) is 2.16. The number of imidazole rings is 1. The monoisotopic (exact) mass is 410 g/mol. The van der Waals surface area contributed by atoms with E-state index in [9.17, 15) is 18.0 Å². The quantitative estimate of drug-likeness (QED) is 0.682. The molecule has 0 spiro atoms. The second kappa shape index (κ2) is 8.59. The van der Waals surface area contributed by atoms with Crippen molar-refractivity contribution in [3.63, 3.8) is 0 Å². The van der Waals surface area contributed by atoms with Crippen LogP contribution in [0.4, 0.5) is 18.9 Å². The molecular formula is C18H17F3N4O4. The lowest BCUT2D eigenvalue weighted by molar-refractivity contribution is -0.192. The summed E-state index contributed by atoms with van der Waals surface area (Å²) in [5.41, 5.74) is 4.79. The minimum atomic E-state index is -5.08. The number of aliphatic carboxylic acids is 1. The number of nitrogens with zero attached hydrogens (tertiary/aromatic N) is 3. The van der Waals surface area contributed by atoms with Gasteiger partial charge in [0.1, 0.15) is 6.26 Å². The van der Waals surface area contributed by atoms with Crippen LogP contribution in [0.2, 0.25) is 0 Å². The van der Waals surface area contributed by atoms with Crippen molar-refractivity contribution in [1.82, 2.24) is 14.7 Å². The van der Waals surface area contributed by atoms with Crippen LogP contribution in [-0.2, 0) is 4.79 Å². The first-order valence-electron chi connectivity index (χ1n) is 8.14. The van der Waals surface area contributed by atoms with Crippen molar-refractivity contribution in [1.29, 1.82) is 0 Å². The van der Waals surface area contributed by atoms with Crippen LogP contribution in [0.25, 0.3) is 5.69 Å². The van der Waals surface area contributed by atoms with E-state index < -0.39 is 12.1 Å². The topological polar surface area (TPSA) is 110 Å². The van der Waals surface area contributed by atoms with Crippen molar-refractivity contribution in [3.8, 4) is 5.69 Å². The standard InChI is InChI=1S/C16H16N4O2.C2HF3O2/c1-10-8-22-19-15(10)16(21)18-13-4-6-14(7-5-13)20-9-17-11(2)12(20)3;3-2(4,5)1(6)7/h4-9H,1-3H3,(H,18,21);(H,6,7). The van der Waals surface area contributed by atoms with Crippen LogP contribution in [-0.4, -0.2) is 37.9 Å². The first-order valence-corrected chi connectivity index (χ1v) is 8.14. The molecule has 3 rings (SSSR count). The second-order valence-electron chi connectivity index (χ2n) is 5.94. The average Bonchev–Trinajstić information content (AvgIpc) is 3.22. The van der Waals surface area contributed by atoms with Crippen molar-refractivity contribution in [2.24, 2.45) is 0 Å². The third-order valence-corrected chi connectivity index (χ3v) is 3.86. The second-order valence-corrected chi connectivity index (χ2v) is 5.94. The zero-order valence-electron chi connectivity index (χ0n) is 15.6. The number of carboxylic acid groups (broad SMARTS) is 1. The van der Waals surface area contributed by atoms with E-state index in [1.807, 2.05) is 42.7 Å². The summed E-state index contributed by atoms with van der Waals surface area (Å²) in [6.07, 6.45) is -1.85. The van der Waals surface area contributed by atoms with E-state index in [1.54, 1.807) is 13.3 Å². The molecule has 1 amide bonds. The highest BCUT2D eigenvalue weighted by Crippen LogP contribution is 2.17. The first kappa shape index (κ1) is 21.7. The number of carbonyl (C=O) groups is 2. The van der Waals surface area contributed by atoms with Crippen molar-refractivity contribution in [2.75, 3.05) is 5.32 Å². The van der Waals surface area contributed by atoms with Gasteiger partial charge in [0.05, 0.1) is 12.0 Å². The van der Waals surface area contributed by atoms with Gasteiger partial charge in [0.25, 0.3) is 5.91 Å². The number of rotatable bonds is 3. The number of amides is 1. The lowest BCUT2D eigenvalue weighted by Gasteiger charge is -2.08. The Morgan fingerprint density at radius 1 is 1.14 bits per heavy atom. The minimum Gasteiger partial charge on any atom is -0.475 e. The third kappa shape index (κ3) is 5.43. The van der Waals surface area contributed by atoms with Crippen molar-refractivity contribution >= 4 is 17.6 Å². The van der Waals surface area contributed by atoms with Gasteiger partial charge in [-0.3, -0.25) is 4.79 Å². The number of halogens is 3. The van der Waals surface area contributed by atoms with Gasteiger partial charge in [-0.15, -0.1) is 0 Å². The summed E-state index contributed by atoms with van der Waals surface area (Å²) in [5.74, 6) is -3.04. The molecule has 2 heterocycles. The normalized spacial score (nSPS) is 10.8. The predicted molar refractivity (Wildman–Crippen MR) is 95.9 cm³/mol. The van der Waals surface area contributed by atoms with Gasteiger partial charge in [0.2, 0.25) is 0 Å². The number of anilines is 1. The van der Waals surface area contributed by atoms with Gasteiger partial charge in [-0.1, -0.05) is 5.16 Å². The molecule has 0 aliphatic rings. The number of aryl methyl sites for hydroxylation is 2. The zero-order valence-corrected chi connectivity index (χ0v) is 15.6. The molecule has 0 aliphatic heterocycles. The maximum absolute atomic E-state index is 12.1. The van der Waals surface area contributed by atoms with Crippen molar-refractivity contribution in [3.05, 3.63) is 59.5 Å². The molecule has 0 unspecified atom stereocenters. The highest BCUT2D eigenvalue weighted by atomic mass is 19.4. The Balaban J connectivity index is 0.000000370. The summed E-state index contributed by atoms with van der Waals surface area (Å²) in [5, 5.41) is 13.6. The molecule has 3 aromatic rings. The smallest absolute Gasteiger partial charge is 0.475 e. The van der Waals surface area contributed by atoms with E-state index >= 15 is 0 Å². The van der Waals surface area contributed by atoms with Gasteiger partial charge in [-0.2, -0.15) is 13.2 Å². The van der Waals surface area contributed by atoms with E-state index in [2.05, 4.69) is 15.5 Å². The van der Waals surface area contributed by atoms with Crippen LogP contribution >= 0.6 is 0 Å². The van der Waals surface area contributed by atoms with Gasteiger partial charge in [0.15, 0.2) is 5.69 Å². The number of hydrogen-bond donors (Lipinski definition) is 2. The molecule has 0 saturated heterocycles. The molecule has 0 fully saturated rings. The predicted octanol–water partition coefficient (Wildman–Crippen LogP) is 3.67. The van der Waals surface area contributed by atoms with Crippen LogP contribution in [0.3, 0.4) is 0 Å². The summed E-state index contributed by atoms with van der Waals surface area (Å²) >= 11 is 0. The maximum Gasteiger partial charge on any atom is 0.490 e. The van der Waals surface area contributed by atoms with Gasteiger partial charge in [-0.05, 0) is 45.0 Å². The summed E-state index contributed by atoms with van der Waals surface area (Å²) < 4.78 is 38.5. The Labute approximate surface area is 163 Å². The number of alkyl halides is 3. The zero-order chi connectivity index (χ0) is 21.8. The fourth-order valence-electron chi connectivity index (χ4n) is 2.16. The molecule has 2 N–H and O–H groups in total. The Kier molecular flexibility index (Phi) is 6.42. The van der Waals surface area contributed by atoms with E-state index in [4.69, 9.17) is 14.4 Å². The van der Waals surface area contributed by atoms with Crippen LogP contribution in [0, 0.1) is 20.8 Å². The van der Waals surface area contributed by atoms with Gasteiger partial charge < -0.3 is 19.5 Å². The van der Waals surface area contributed by atoms with E-state index in [0.717, 1.165) is 17.1 Å². The molecule has 154 valence electrons. The minimum absolute atomic E-state index is 0.284. The highest BCUT2D eigenvalue weighted by molar-refractivity contribution is 6.03. The molecule has 8 nitrogen and oxygen atoms in total. The van der Waals surface area contributed by atoms with Crippen LogP contribution in [0.15, 0.2) is 41.4 Å². The molecule has 0 aliphatic carbocycles. The summed E-state index contributed by atoms with van der Waals surface area (Å²) in [4.78, 5) is 25.2. The average molecular weight is 410 g/mol. The first-order chi connectivity index (χ1) is 13.5. The number of benzene rings is 1. The van der Waals surface area contributed by atoms with Crippen molar-refractivity contribution in [2.45, 2.75) is 26.9 Å². The Hall–Kier alpha value is -3.63. The fraction of sp³-hybridized carbons (Fsp3) is 0.222. The SMILES string of the molecule is Cc1conc1C(=O)Nc1ccc(-n2cnc(C)c2C)cc1.O=C(O)C(F)(F)F. The van der Waals surface area contributed by atoms with E-state index in [-0.39, 0.29) is 5.91 Å². The number of nitrogens with one attached hydrogen (secondary N) is 1. The largest absolute Gasteiger partial charge is 0.490 e. The molecule has 2 aromatic heterocycles. The molecular weight excluding hydrogens is 393 g/mol. The molecule has 29 heavy (non-hydrogen) atoms. The molecule has 0 atom stereocenters. The number of carbonyl (C=O) groups excluding carboxylic acids is 1. The lowest BCUT2D eigenvalue weighted by atomic mass is 10.2. The van der Waals surface area contributed by atoms with Crippen LogP contribution in [0.5, 0.6) is 0 Å². The van der Waals surface area contributed by atoms with E-state index in [0.29, 0.717) is 16.9 Å². The third-order valence-electron chi connectivity index (χ3n) is 3.86. The number of hydrogen-bond acceptors (Lipinski definition) is 5. The highest BCUT2D eigenvalue weighted by Gasteiger charge is 2.38. The summed E-state index contributed by atoms with van der Waals surface area (Å²) in [6, 6.07) is 7.55. The molecule has 1 aromatic carbocycles. The summed E-state index contributed by atoms with van der Waals surface area (Å²) in [7, 11) is 0. The van der Waals surface area contributed by atoms with Crippen LogP contribution in [0.1, 0.15) is 27.4 Å². The van der Waals surface area contributed by atoms with Crippen molar-refractivity contribution < 1.29 is 32.4 Å². The Bertz CT molecular complexity index is 1010. The maximum atomic E-state index is 12.1. The Morgan fingerprint density at radius 2 is 1.72 bits per heavy atom. The van der Waals surface area contributed by atoms with Gasteiger partial charge in [-0.25, -0.2) is 9.78 Å². The van der Waals surface area contributed by atoms with Gasteiger partial charge >= 0.3 is 12.1 Å². The molecule has 11 heteroatoms. The van der Waals surface area contributed by atoms with Crippen LogP contribution < -0.4 is 5.32 Å². The number of aromatic nitrogens is 3. The molecule has 0 radical (unpaired) electrons. The molecule has 0 bridgehead atoms. The van der Waals surface area contributed by atoms with Gasteiger partial charge in [0, 0.05) is 22.6 Å². The summed E-state index contributed by atoms with van der Waals surface area (Å²) in [6.45, 7) is 5.77. The van der Waals surface area contributed by atoms with E-state index in [1.165, 1.54) is 6.26 Å². The Morgan fingerprint density at radius 3 is 2.14 bits per heavy atom.